The number of hydrogen-bond donors (Lipinski definition) is 1. The molecule has 2 aromatic heterocycles. The first-order valence-electron chi connectivity index (χ1n) is 9.79. The molecule has 0 amide bonds. The molecule has 3 heterocycles. The summed E-state index contributed by atoms with van der Waals surface area (Å²) < 4.78 is 7.50. The molecule has 3 aromatic rings. The van der Waals surface area contributed by atoms with Gasteiger partial charge in [-0.15, -0.1) is 0 Å². The van der Waals surface area contributed by atoms with Crippen molar-refractivity contribution in [3.8, 4) is 11.4 Å². The molecule has 0 spiro atoms. The number of ether oxygens (including phenoxy) is 1. The van der Waals surface area contributed by atoms with Gasteiger partial charge in [0.05, 0.1) is 35.5 Å². The zero-order valence-electron chi connectivity index (χ0n) is 17.7. The molecular formula is C22H23N5O3S. The van der Waals surface area contributed by atoms with Gasteiger partial charge in [-0.3, -0.25) is 15.1 Å². The van der Waals surface area contributed by atoms with E-state index < -0.39 is 4.92 Å². The van der Waals surface area contributed by atoms with Crippen LogP contribution in [0.1, 0.15) is 34.7 Å². The average Bonchev–Trinajstić information content (AvgIpc) is 3.22. The fraction of sp³-hybridized carbons (Fsp3) is 0.273. The van der Waals surface area contributed by atoms with E-state index in [1.165, 1.54) is 6.07 Å². The van der Waals surface area contributed by atoms with Gasteiger partial charge in [-0.25, -0.2) is 0 Å². The lowest BCUT2D eigenvalue weighted by atomic mass is 9.97. The van der Waals surface area contributed by atoms with Gasteiger partial charge >= 0.3 is 0 Å². The maximum atomic E-state index is 11.4. The number of rotatable bonds is 5. The molecule has 0 unspecified atom stereocenters. The van der Waals surface area contributed by atoms with Gasteiger partial charge in [0.1, 0.15) is 5.75 Å². The van der Waals surface area contributed by atoms with Crippen LogP contribution >= 0.6 is 12.2 Å². The molecule has 9 heteroatoms. The SMILES string of the molecule is COc1ccc([N+](=O)[O-])cc1-n1c(C)cc([C@@H]2[C@@H](c3ccccn3)NC(=S)N2C)c1C. The second-order valence-corrected chi connectivity index (χ2v) is 7.90. The monoisotopic (exact) mass is 437 g/mol. The van der Waals surface area contributed by atoms with Gasteiger partial charge in [-0.05, 0) is 55.9 Å². The van der Waals surface area contributed by atoms with E-state index in [0.717, 1.165) is 22.6 Å². The van der Waals surface area contributed by atoms with Gasteiger partial charge in [0.25, 0.3) is 5.69 Å². The molecule has 1 saturated heterocycles. The number of nitrogens with zero attached hydrogens (tertiary/aromatic N) is 4. The van der Waals surface area contributed by atoms with Gasteiger partial charge in [0.2, 0.25) is 0 Å². The lowest BCUT2D eigenvalue weighted by molar-refractivity contribution is -0.384. The minimum absolute atomic E-state index is 0.0111. The van der Waals surface area contributed by atoms with Gasteiger partial charge in [0, 0.05) is 36.8 Å². The van der Waals surface area contributed by atoms with Crippen LogP contribution in [0.2, 0.25) is 0 Å². The van der Waals surface area contributed by atoms with Crippen LogP contribution in [0, 0.1) is 24.0 Å². The molecule has 4 rings (SSSR count). The van der Waals surface area contributed by atoms with E-state index in [2.05, 4.69) is 16.4 Å². The quantitative estimate of drug-likeness (QED) is 0.367. The Balaban J connectivity index is 1.86. The number of thiocarbonyl (C=S) groups is 1. The molecule has 8 nitrogen and oxygen atoms in total. The number of aryl methyl sites for hydroxylation is 1. The number of likely N-dealkylation sites (N-methyl/N-ethyl adjacent to an activating group) is 1. The van der Waals surface area contributed by atoms with Crippen molar-refractivity contribution >= 4 is 23.0 Å². The second kappa shape index (κ2) is 7.99. The van der Waals surface area contributed by atoms with Crippen molar-refractivity contribution in [2.45, 2.75) is 25.9 Å². The van der Waals surface area contributed by atoms with Crippen LogP contribution in [0.4, 0.5) is 5.69 Å². The number of pyridine rings is 1. The molecule has 1 aliphatic heterocycles. The van der Waals surface area contributed by atoms with Crippen LogP contribution in [0.15, 0.2) is 48.7 Å². The normalized spacial score (nSPS) is 18.2. The summed E-state index contributed by atoms with van der Waals surface area (Å²) in [5, 5.41) is 15.4. The van der Waals surface area contributed by atoms with Crippen molar-refractivity contribution in [3.63, 3.8) is 0 Å². The minimum Gasteiger partial charge on any atom is -0.495 e. The van der Waals surface area contributed by atoms with E-state index in [9.17, 15) is 10.1 Å². The highest BCUT2D eigenvalue weighted by atomic mass is 32.1. The van der Waals surface area contributed by atoms with Gasteiger partial charge in [-0.2, -0.15) is 0 Å². The predicted molar refractivity (Wildman–Crippen MR) is 122 cm³/mol. The van der Waals surface area contributed by atoms with Crippen molar-refractivity contribution in [3.05, 3.63) is 81.4 Å². The first kappa shape index (κ1) is 20.8. The Hall–Kier alpha value is -3.46. The number of non-ortho nitro benzene ring substituents is 1. The van der Waals surface area contributed by atoms with Gasteiger partial charge in [0.15, 0.2) is 5.11 Å². The van der Waals surface area contributed by atoms with Crippen molar-refractivity contribution in [2.75, 3.05) is 14.2 Å². The Morgan fingerprint density at radius 2 is 2.00 bits per heavy atom. The maximum Gasteiger partial charge on any atom is 0.271 e. The van der Waals surface area contributed by atoms with Crippen molar-refractivity contribution in [2.24, 2.45) is 0 Å². The van der Waals surface area contributed by atoms with Crippen molar-refractivity contribution in [1.82, 2.24) is 19.8 Å². The highest BCUT2D eigenvalue weighted by molar-refractivity contribution is 7.80. The minimum atomic E-state index is -0.401. The van der Waals surface area contributed by atoms with Crippen molar-refractivity contribution < 1.29 is 9.66 Å². The van der Waals surface area contributed by atoms with Crippen LogP contribution in [-0.2, 0) is 0 Å². The number of nitro benzene ring substituents is 1. The smallest absolute Gasteiger partial charge is 0.271 e. The first-order chi connectivity index (χ1) is 14.8. The Morgan fingerprint density at radius 3 is 2.65 bits per heavy atom. The third-order valence-corrected chi connectivity index (χ3v) is 6.15. The molecule has 2 atom stereocenters. The van der Waals surface area contributed by atoms with Gasteiger partial charge < -0.3 is 19.5 Å². The summed E-state index contributed by atoms with van der Waals surface area (Å²) in [6.45, 7) is 3.98. The number of nitro groups is 1. The van der Waals surface area contributed by atoms with E-state index in [1.54, 1.807) is 25.4 Å². The predicted octanol–water partition coefficient (Wildman–Crippen LogP) is 4.01. The highest BCUT2D eigenvalue weighted by Crippen LogP contribution is 2.41. The molecule has 1 fully saturated rings. The summed E-state index contributed by atoms with van der Waals surface area (Å²) in [4.78, 5) is 17.5. The molecule has 0 radical (unpaired) electrons. The lowest BCUT2D eigenvalue weighted by Gasteiger charge is -2.24. The Bertz CT molecular complexity index is 1160. The average molecular weight is 438 g/mol. The number of methoxy groups -OCH3 is 1. The van der Waals surface area contributed by atoms with Gasteiger partial charge in [-0.1, -0.05) is 6.07 Å². The molecule has 1 N–H and O–H groups in total. The maximum absolute atomic E-state index is 11.4. The third-order valence-electron chi connectivity index (χ3n) is 5.74. The zero-order chi connectivity index (χ0) is 22.3. The van der Waals surface area contributed by atoms with E-state index in [1.807, 2.05) is 48.6 Å². The molecular weight excluding hydrogens is 414 g/mol. The molecule has 31 heavy (non-hydrogen) atoms. The largest absolute Gasteiger partial charge is 0.495 e. The molecule has 160 valence electrons. The van der Waals surface area contributed by atoms with E-state index >= 15 is 0 Å². The summed E-state index contributed by atoms with van der Waals surface area (Å²) >= 11 is 5.54. The molecule has 1 aliphatic rings. The molecule has 0 aliphatic carbocycles. The Labute approximate surface area is 185 Å². The summed E-state index contributed by atoms with van der Waals surface area (Å²) in [6, 6.07) is 12.3. The van der Waals surface area contributed by atoms with E-state index in [-0.39, 0.29) is 17.8 Å². The summed E-state index contributed by atoms with van der Waals surface area (Å²) in [6.07, 6.45) is 1.77. The zero-order valence-corrected chi connectivity index (χ0v) is 18.5. The number of hydrogen-bond acceptors (Lipinski definition) is 5. The third kappa shape index (κ3) is 3.50. The number of nitrogens with one attached hydrogen (secondary N) is 1. The Morgan fingerprint density at radius 1 is 1.23 bits per heavy atom. The molecule has 0 bridgehead atoms. The Kier molecular flexibility index (Phi) is 5.36. The second-order valence-electron chi connectivity index (χ2n) is 7.51. The fourth-order valence-electron chi connectivity index (χ4n) is 4.27. The fourth-order valence-corrected chi connectivity index (χ4v) is 4.51. The summed E-state index contributed by atoms with van der Waals surface area (Å²) in [7, 11) is 3.52. The lowest BCUT2D eigenvalue weighted by Crippen LogP contribution is -2.25. The van der Waals surface area contributed by atoms with Crippen molar-refractivity contribution in [1.29, 1.82) is 0 Å². The van der Waals surface area contributed by atoms with E-state index in [0.29, 0.717) is 16.5 Å². The van der Waals surface area contributed by atoms with Crippen LogP contribution < -0.4 is 10.1 Å². The van der Waals surface area contributed by atoms with Crippen LogP contribution in [-0.4, -0.2) is 38.6 Å². The number of aromatic nitrogens is 2. The summed E-state index contributed by atoms with van der Waals surface area (Å²) in [5.41, 5.74) is 4.51. The number of benzene rings is 1. The summed E-state index contributed by atoms with van der Waals surface area (Å²) in [5.74, 6) is 0.564. The van der Waals surface area contributed by atoms with Crippen LogP contribution in [0.5, 0.6) is 5.75 Å². The van der Waals surface area contributed by atoms with Crippen LogP contribution in [0.3, 0.4) is 0 Å². The van der Waals surface area contributed by atoms with Crippen LogP contribution in [0.25, 0.3) is 5.69 Å². The first-order valence-corrected chi connectivity index (χ1v) is 10.2. The molecule has 0 saturated carbocycles. The highest BCUT2D eigenvalue weighted by Gasteiger charge is 2.39. The van der Waals surface area contributed by atoms with E-state index in [4.69, 9.17) is 17.0 Å². The topological polar surface area (TPSA) is 85.5 Å². The standard InChI is InChI=1S/C22H23N5O3S/c1-13-11-16(21-20(24-22(31)25(21)3)17-7-5-6-10-23-17)14(2)26(13)18-12-15(27(28)29)8-9-19(18)30-4/h5-12,20-21H,1-4H3,(H,24,31)/t20-,21-/m1/s1. The molecule has 1 aromatic carbocycles.